The lowest BCUT2D eigenvalue weighted by atomic mass is 9.64. The van der Waals surface area contributed by atoms with Crippen LogP contribution in [0, 0.1) is 11.3 Å². The van der Waals surface area contributed by atoms with Gasteiger partial charge in [-0.1, -0.05) is 0 Å². The molecule has 6 heteroatoms. The standard InChI is InChI=1S/C20H33N3O2S/c1-21-9-3-5-18(21)19(25)23-13-8-20(17(15-23)16-24)6-11-22(12-7-20)10-4-14-26-2/h3,5,9,17,24H,4,6-8,10-16H2,1-2H3/t17-/m0/s1. The van der Waals surface area contributed by atoms with Crippen molar-refractivity contribution in [3.8, 4) is 0 Å². The summed E-state index contributed by atoms with van der Waals surface area (Å²) in [6, 6.07) is 3.79. The molecule has 1 spiro atoms. The fourth-order valence-corrected chi connectivity index (χ4v) is 5.12. The van der Waals surface area contributed by atoms with Crippen molar-refractivity contribution in [3.05, 3.63) is 24.0 Å². The van der Waals surface area contributed by atoms with E-state index in [9.17, 15) is 9.90 Å². The van der Waals surface area contributed by atoms with Crippen molar-refractivity contribution in [2.24, 2.45) is 18.4 Å². The second kappa shape index (κ2) is 8.81. The number of aliphatic hydroxyl groups is 1. The summed E-state index contributed by atoms with van der Waals surface area (Å²) in [6.07, 6.45) is 8.67. The maximum atomic E-state index is 12.8. The van der Waals surface area contributed by atoms with Crippen LogP contribution in [0.25, 0.3) is 0 Å². The first kappa shape index (κ1) is 19.8. The first-order valence-electron chi connectivity index (χ1n) is 9.82. The van der Waals surface area contributed by atoms with E-state index in [1.54, 1.807) is 0 Å². The van der Waals surface area contributed by atoms with Crippen molar-refractivity contribution in [1.29, 1.82) is 0 Å². The topological polar surface area (TPSA) is 48.7 Å². The number of thioether (sulfide) groups is 1. The van der Waals surface area contributed by atoms with Crippen LogP contribution in [0.15, 0.2) is 18.3 Å². The van der Waals surface area contributed by atoms with E-state index in [-0.39, 0.29) is 23.8 Å². The molecule has 146 valence electrons. The summed E-state index contributed by atoms with van der Waals surface area (Å²) >= 11 is 1.92. The predicted octanol–water partition coefficient (Wildman–Crippen LogP) is 2.31. The third-order valence-electron chi connectivity index (χ3n) is 6.53. The van der Waals surface area contributed by atoms with Gasteiger partial charge in [0.25, 0.3) is 5.91 Å². The lowest BCUT2D eigenvalue weighted by Gasteiger charge is -2.51. The lowest BCUT2D eigenvalue weighted by Crippen LogP contribution is -2.54. The summed E-state index contributed by atoms with van der Waals surface area (Å²) in [6.45, 7) is 5.15. The fourth-order valence-electron chi connectivity index (χ4n) is 4.71. The Labute approximate surface area is 161 Å². The highest BCUT2D eigenvalue weighted by Crippen LogP contribution is 2.45. The second-order valence-corrected chi connectivity index (χ2v) is 8.92. The molecule has 1 aromatic heterocycles. The van der Waals surface area contributed by atoms with Gasteiger partial charge in [-0.05, 0) is 74.9 Å². The monoisotopic (exact) mass is 379 g/mol. The van der Waals surface area contributed by atoms with Gasteiger partial charge in [0.2, 0.25) is 0 Å². The summed E-state index contributed by atoms with van der Waals surface area (Å²) in [4.78, 5) is 17.4. The van der Waals surface area contributed by atoms with E-state index in [2.05, 4.69) is 11.2 Å². The molecule has 26 heavy (non-hydrogen) atoms. The molecule has 2 aliphatic heterocycles. The van der Waals surface area contributed by atoms with Gasteiger partial charge in [-0.2, -0.15) is 11.8 Å². The minimum absolute atomic E-state index is 0.0975. The van der Waals surface area contributed by atoms with E-state index in [0.717, 1.165) is 44.6 Å². The summed E-state index contributed by atoms with van der Waals surface area (Å²) in [5.74, 6) is 1.53. The Morgan fingerprint density at radius 3 is 2.65 bits per heavy atom. The van der Waals surface area contributed by atoms with E-state index in [4.69, 9.17) is 0 Å². The van der Waals surface area contributed by atoms with Crippen molar-refractivity contribution in [2.75, 3.05) is 51.3 Å². The smallest absolute Gasteiger partial charge is 0.270 e. The number of carbonyl (C=O) groups is 1. The molecule has 0 saturated carbocycles. The quantitative estimate of drug-likeness (QED) is 0.771. The van der Waals surface area contributed by atoms with Crippen LogP contribution in [0.1, 0.15) is 36.2 Å². The molecule has 1 aromatic rings. The Kier molecular flexibility index (Phi) is 6.70. The van der Waals surface area contributed by atoms with Gasteiger partial charge in [-0.15, -0.1) is 0 Å². The first-order chi connectivity index (χ1) is 12.6. The van der Waals surface area contributed by atoms with Crippen molar-refractivity contribution in [3.63, 3.8) is 0 Å². The molecule has 2 aliphatic rings. The number of aryl methyl sites for hydroxylation is 1. The van der Waals surface area contributed by atoms with E-state index in [1.165, 1.54) is 18.7 Å². The number of carbonyl (C=O) groups excluding carboxylic acids is 1. The number of hydrogen-bond acceptors (Lipinski definition) is 4. The van der Waals surface area contributed by atoms with Gasteiger partial charge in [0, 0.05) is 38.9 Å². The number of amides is 1. The van der Waals surface area contributed by atoms with Crippen LogP contribution in [0.2, 0.25) is 0 Å². The van der Waals surface area contributed by atoms with Crippen LogP contribution in [-0.4, -0.2) is 76.7 Å². The minimum atomic E-state index is 0.0975. The molecular formula is C20H33N3O2S. The zero-order valence-corrected chi connectivity index (χ0v) is 17.0. The fraction of sp³-hybridized carbons (Fsp3) is 0.750. The van der Waals surface area contributed by atoms with Crippen molar-refractivity contribution in [1.82, 2.24) is 14.4 Å². The molecule has 0 radical (unpaired) electrons. The minimum Gasteiger partial charge on any atom is -0.396 e. The van der Waals surface area contributed by atoms with Crippen LogP contribution in [-0.2, 0) is 7.05 Å². The molecule has 1 N–H and O–H groups in total. The predicted molar refractivity (Wildman–Crippen MR) is 108 cm³/mol. The summed E-state index contributed by atoms with van der Waals surface area (Å²) < 4.78 is 1.88. The van der Waals surface area contributed by atoms with Gasteiger partial charge in [0.05, 0.1) is 0 Å². The van der Waals surface area contributed by atoms with Gasteiger partial charge in [0.15, 0.2) is 0 Å². The number of nitrogens with zero attached hydrogens (tertiary/aromatic N) is 3. The Morgan fingerprint density at radius 1 is 1.31 bits per heavy atom. The average molecular weight is 380 g/mol. The van der Waals surface area contributed by atoms with Crippen LogP contribution >= 0.6 is 11.8 Å². The second-order valence-electron chi connectivity index (χ2n) is 7.94. The van der Waals surface area contributed by atoms with E-state index in [1.807, 2.05) is 46.6 Å². The van der Waals surface area contributed by atoms with Gasteiger partial charge in [0.1, 0.15) is 5.69 Å². The zero-order chi connectivity index (χ0) is 18.6. The normalized spacial score (nSPS) is 23.5. The number of aromatic nitrogens is 1. The van der Waals surface area contributed by atoms with Crippen LogP contribution in [0.4, 0.5) is 0 Å². The maximum absolute atomic E-state index is 12.8. The Morgan fingerprint density at radius 2 is 2.04 bits per heavy atom. The molecule has 1 atom stereocenters. The number of likely N-dealkylation sites (tertiary alicyclic amines) is 2. The SMILES string of the molecule is CSCCCN1CCC2(CC1)CCN(C(=O)c1cccn1C)C[C@H]2CO. The van der Waals surface area contributed by atoms with Gasteiger partial charge >= 0.3 is 0 Å². The van der Waals surface area contributed by atoms with E-state index >= 15 is 0 Å². The van der Waals surface area contributed by atoms with Crippen LogP contribution in [0.5, 0.6) is 0 Å². The van der Waals surface area contributed by atoms with E-state index < -0.39 is 0 Å². The van der Waals surface area contributed by atoms with Crippen LogP contribution in [0.3, 0.4) is 0 Å². The number of aliphatic hydroxyl groups excluding tert-OH is 1. The summed E-state index contributed by atoms with van der Waals surface area (Å²) in [5.41, 5.74) is 0.955. The van der Waals surface area contributed by atoms with Crippen molar-refractivity contribution < 1.29 is 9.90 Å². The first-order valence-corrected chi connectivity index (χ1v) is 11.2. The molecule has 0 unspecified atom stereocenters. The van der Waals surface area contributed by atoms with Crippen molar-refractivity contribution >= 4 is 17.7 Å². The highest BCUT2D eigenvalue weighted by molar-refractivity contribution is 7.98. The molecule has 1 amide bonds. The largest absolute Gasteiger partial charge is 0.396 e. The molecule has 2 saturated heterocycles. The number of rotatable bonds is 6. The van der Waals surface area contributed by atoms with Gasteiger partial charge < -0.3 is 19.5 Å². The van der Waals surface area contributed by atoms with E-state index in [0.29, 0.717) is 6.54 Å². The third kappa shape index (κ3) is 4.12. The molecule has 0 bridgehead atoms. The molecule has 3 rings (SSSR count). The summed E-state index contributed by atoms with van der Waals surface area (Å²) in [5, 5.41) is 10.1. The number of piperidine rings is 2. The van der Waals surface area contributed by atoms with Crippen LogP contribution < -0.4 is 0 Å². The highest BCUT2D eigenvalue weighted by atomic mass is 32.2. The number of hydrogen-bond donors (Lipinski definition) is 1. The van der Waals surface area contributed by atoms with Gasteiger partial charge in [-0.3, -0.25) is 4.79 Å². The molecule has 3 heterocycles. The third-order valence-corrected chi connectivity index (χ3v) is 7.23. The Balaban J connectivity index is 1.59. The lowest BCUT2D eigenvalue weighted by molar-refractivity contribution is -0.0352. The maximum Gasteiger partial charge on any atom is 0.270 e. The zero-order valence-electron chi connectivity index (χ0n) is 16.2. The average Bonchev–Trinajstić information content (AvgIpc) is 3.09. The molecule has 5 nitrogen and oxygen atoms in total. The van der Waals surface area contributed by atoms with Gasteiger partial charge in [-0.25, -0.2) is 0 Å². The molecule has 2 fully saturated rings. The highest BCUT2D eigenvalue weighted by Gasteiger charge is 2.45. The Bertz CT molecular complexity index is 596. The Hall–Kier alpha value is -0.980. The molecular weight excluding hydrogens is 346 g/mol. The molecule has 0 aromatic carbocycles. The summed E-state index contributed by atoms with van der Waals surface area (Å²) in [7, 11) is 1.91. The molecule has 0 aliphatic carbocycles. The van der Waals surface area contributed by atoms with Crippen molar-refractivity contribution in [2.45, 2.75) is 25.7 Å².